The zero-order valence-corrected chi connectivity index (χ0v) is 12.9. The number of aryl methyl sites for hydroxylation is 2. The summed E-state index contributed by atoms with van der Waals surface area (Å²) in [7, 11) is 0. The van der Waals surface area contributed by atoms with Crippen LogP contribution >= 0.6 is 0 Å². The topological polar surface area (TPSA) is 13.1 Å². The Hall–Kier alpha value is -2.54. The number of hydrogen-bond acceptors (Lipinski definition) is 1. The highest BCUT2D eigenvalue weighted by atomic mass is 16.3. The van der Waals surface area contributed by atoms with Crippen LogP contribution in [0.5, 0.6) is 0 Å². The number of benzene rings is 2. The Kier molecular flexibility index (Phi) is 3.00. The molecule has 1 aliphatic carbocycles. The highest BCUT2D eigenvalue weighted by Crippen LogP contribution is 2.40. The first kappa shape index (κ1) is 13.1. The summed E-state index contributed by atoms with van der Waals surface area (Å²) in [5, 5.41) is 0. The van der Waals surface area contributed by atoms with Gasteiger partial charge in [0.15, 0.2) is 0 Å². The smallest absolute Gasteiger partial charge is 0.133 e. The van der Waals surface area contributed by atoms with Crippen molar-refractivity contribution in [3.05, 3.63) is 82.8 Å². The first-order valence-corrected chi connectivity index (χ1v) is 7.67. The van der Waals surface area contributed by atoms with Gasteiger partial charge in [0.25, 0.3) is 0 Å². The van der Waals surface area contributed by atoms with E-state index in [1.807, 2.05) is 6.07 Å². The van der Waals surface area contributed by atoms with Gasteiger partial charge in [0.2, 0.25) is 0 Å². The molecule has 3 aromatic rings. The molecule has 1 heterocycles. The van der Waals surface area contributed by atoms with E-state index in [0.29, 0.717) is 0 Å². The van der Waals surface area contributed by atoms with Crippen molar-refractivity contribution in [2.75, 3.05) is 0 Å². The van der Waals surface area contributed by atoms with Gasteiger partial charge in [0, 0.05) is 12.0 Å². The summed E-state index contributed by atoms with van der Waals surface area (Å²) in [5.74, 6) is 1.02. The predicted molar refractivity (Wildman–Crippen MR) is 91.6 cm³/mol. The molecule has 0 fully saturated rings. The lowest BCUT2D eigenvalue weighted by atomic mass is 9.93. The second-order valence-corrected chi connectivity index (χ2v) is 5.97. The third-order valence-corrected chi connectivity index (χ3v) is 4.50. The SMILES string of the molecule is Cc1ccoc1C1=Cc2c(C)ccc(-c3ccccc3)c2C1. The van der Waals surface area contributed by atoms with Crippen molar-refractivity contribution in [3.8, 4) is 11.1 Å². The molecule has 0 saturated carbocycles. The van der Waals surface area contributed by atoms with Crippen LogP contribution in [-0.4, -0.2) is 0 Å². The Morgan fingerprint density at radius 2 is 1.68 bits per heavy atom. The van der Waals surface area contributed by atoms with Crippen LogP contribution in [0.25, 0.3) is 22.8 Å². The van der Waals surface area contributed by atoms with Gasteiger partial charge >= 0.3 is 0 Å². The van der Waals surface area contributed by atoms with E-state index in [9.17, 15) is 0 Å². The number of fused-ring (bicyclic) bond motifs is 1. The van der Waals surface area contributed by atoms with Crippen LogP contribution in [0.15, 0.2) is 59.2 Å². The summed E-state index contributed by atoms with van der Waals surface area (Å²) in [5.41, 5.74) is 9.20. The molecule has 4 rings (SSSR count). The van der Waals surface area contributed by atoms with Crippen molar-refractivity contribution < 1.29 is 4.42 Å². The summed E-state index contributed by atoms with van der Waals surface area (Å²) in [6.45, 7) is 4.29. The van der Waals surface area contributed by atoms with Crippen molar-refractivity contribution in [1.82, 2.24) is 0 Å². The molecule has 1 aromatic heterocycles. The first-order chi connectivity index (χ1) is 10.7. The van der Waals surface area contributed by atoms with Gasteiger partial charge in [-0.1, -0.05) is 42.5 Å². The maximum absolute atomic E-state index is 5.70. The molecule has 0 bridgehead atoms. The molecule has 0 radical (unpaired) electrons. The fourth-order valence-corrected chi connectivity index (χ4v) is 3.32. The number of furan rings is 1. The minimum Gasteiger partial charge on any atom is -0.464 e. The van der Waals surface area contributed by atoms with E-state index in [0.717, 1.165) is 12.2 Å². The minimum absolute atomic E-state index is 0.940. The monoisotopic (exact) mass is 286 g/mol. The van der Waals surface area contributed by atoms with E-state index < -0.39 is 0 Å². The van der Waals surface area contributed by atoms with E-state index in [-0.39, 0.29) is 0 Å². The third kappa shape index (κ3) is 2.01. The van der Waals surface area contributed by atoms with Crippen LogP contribution in [0.3, 0.4) is 0 Å². The maximum atomic E-state index is 5.70. The summed E-state index contributed by atoms with van der Waals surface area (Å²) >= 11 is 0. The molecule has 108 valence electrons. The molecular weight excluding hydrogens is 268 g/mol. The lowest BCUT2D eigenvalue weighted by Crippen LogP contribution is -1.92. The second kappa shape index (κ2) is 5.03. The minimum atomic E-state index is 0.940. The van der Waals surface area contributed by atoms with Gasteiger partial charge in [-0.3, -0.25) is 0 Å². The van der Waals surface area contributed by atoms with Gasteiger partial charge in [-0.25, -0.2) is 0 Å². The summed E-state index contributed by atoms with van der Waals surface area (Å²) in [6, 6.07) is 17.1. The summed E-state index contributed by atoms with van der Waals surface area (Å²) in [6.07, 6.45) is 5.01. The maximum Gasteiger partial charge on any atom is 0.133 e. The van der Waals surface area contributed by atoms with E-state index in [2.05, 4.69) is 62.4 Å². The average Bonchev–Trinajstić information content (AvgIpc) is 3.15. The molecule has 0 saturated heterocycles. The van der Waals surface area contributed by atoms with Crippen molar-refractivity contribution in [2.24, 2.45) is 0 Å². The first-order valence-electron chi connectivity index (χ1n) is 7.67. The highest BCUT2D eigenvalue weighted by Gasteiger charge is 2.22. The second-order valence-electron chi connectivity index (χ2n) is 5.97. The molecule has 0 spiro atoms. The zero-order chi connectivity index (χ0) is 15.1. The average molecular weight is 286 g/mol. The Balaban J connectivity index is 1.84. The number of hydrogen-bond donors (Lipinski definition) is 0. The van der Waals surface area contributed by atoms with Gasteiger partial charge in [-0.2, -0.15) is 0 Å². The van der Waals surface area contributed by atoms with Crippen LogP contribution in [-0.2, 0) is 6.42 Å². The van der Waals surface area contributed by atoms with Crippen LogP contribution in [0.2, 0.25) is 0 Å². The molecule has 2 aromatic carbocycles. The zero-order valence-electron chi connectivity index (χ0n) is 12.9. The molecule has 0 unspecified atom stereocenters. The standard InChI is InChI=1S/C21H18O/c1-14-8-9-18(16-6-4-3-5-7-16)20-13-17(12-19(14)20)21-15(2)10-11-22-21/h3-12H,13H2,1-2H3. The number of rotatable bonds is 2. The fraction of sp³-hybridized carbons (Fsp3) is 0.143. The van der Waals surface area contributed by atoms with Gasteiger partial charge in [0.05, 0.1) is 6.26 Å². The van der Waals surface area contributed by atoms with Crippen molar-refractivity contribution in [2.45, 2.75) is 20.3 Å². The van der Waals surface area contributed by atoms with E-state index >= 15 is 0 Å². The summed E-state index contributed by atoms with van der Waals surface area (Å²) < 4.78 is 5.70. The molecule has 1 nitrogen and oxygen atoms in total. The molecule has 0 amide bonds. The molecule has 0 N–H and O–H groups in total. The largest absolute Gasteiger partial charge is 0.464 e. The highest BCUT2D eigenvalue weighted by molar-refractivity contribution is 5.92. The Labute approximate surface area is 130 Å². The van der Waals surface area contributed by atoms with Crippen LogP contribution < -0.4 is 0 Å². The van der Waals surface area contributed by atoms with E-state index in [4.69, 9.17) is 4.42 Å². The van der Waals surface area contributed by atoms with E-state index in [1.165, 1.54) is 39.0 Å². The molecule has 0 aliphatic heterocycles. The van der Waals surface area contributed by atoms with Crippen LogP contribution in [0, 0.1) is 13.8 Å². The molecule has 22 heavy (non-hydrogen) atoms. The van der Waals surface area contributed by atoms with Gasteiger partial charge in [-0.15, -0.1) is 0 Å². The van der Waals surface area contributed by atoms with Gasteiger partial charge < -0.3 is 4.42 Å². The molecule has 1 aliphatic rings. The fourth-order valence-electron chi connectivity index (χ4n) is 3.32. The molecule has 0 atom stereocenters. The Bertz CT molecular complexity index is 866. The number of allylic oxidation sites excluding steroid dienone is 1. The lowest BCUT2D eigenvalue weighted by Gasteiger charge is -2.11. The lowest BCUT2D eigenvalue weighted by molar-refractivity contribution is 0.550. The van der Waals surface area contributed by atoms with Crippen LogP contribution in [0.1, 0.15) is 28.0 Å². The van der Waals surface area contributed by atoms with Crippen LogP contribution in [0.4, 0.5) is 0 Å². The van der Waals surface area contributed by atoms with Crippen molar-refractivity contribution in [1.29, 1.82) is 0 Å². The quantitative estimate of drug-likeness (QED) is 0.592. The Morgan fingerprint density at radius 1 is 0.864 bits per heavy atom. The van der Waals surface area contributed by atoms with Gasteiger partial charge in [-0.05, 0) is 59.4 Å². The van der Waals surface area contributed by atoms with Crippen molar-refractivity contribution >= 4 is 11.6 Å². The predicted octanol–water partition coefficient (Wildman–Crippen LogP) is 5.66. The summed E-state index contributed by atoms with van der Waals surface area (Å²) in [4.78, 5) is 0. The molecular formula is C21H18O. The van der Waals surface area contributed by atoms with E-state index in [1.54, 1.807) is 6.26 Å². The Morgan fingerprint density at radius 3 is 2.41 bits per heavy atom. The normalized spacial score (nSPS) is 13.1. The van der Waals surface area contributed by atoms with Gasteiger partial charge in [0.1, 0.15) is 5.76 Å². The molecule has 1 heteroatoms. The van der Waals surface area contributed by atoms with Crippen molar-refractivity contribution in [3.63, 3.8) is 0 Å². The third-order valence-electron chi connectivity index (χ3n) is 4.50.